The fraction of sp³-hybridized carbons (Fsp3) is 0.0625. The Morgan fingerprint density at radius 3 is 2.38 bits per heavy atom. The quantitative estimate of drug-likeness (QED) is 0.740. The zero-order valence-corrected chi connectivity index (χ0v) is 13.1. The number of nitrogens with one attached hydrogen (secondary N) is 1. The van der Waals surface area contributed by atoms with Gasteiger partial charge in [-0.2, -0.15) is 0 Å². The lowest BCUT2D eigenvalue weighted by Gasteiger charge is -2.06. The molecule has 3 rings (SSSR count). The fourth-order valence-electron chi connectivity index (χ4n) is 2.09. The van der Waals surface area contributed by atoms with E-state index in [2.05, 4.69) is 9.71 Å². The summed E-state index contributed by atoms with van der Waals surface area (Å²) < 4.78 is 45.5. The number of halogens is 1. The molecule has 0 bridgehead atoms. The zero-order valence-electron chi connectivity index (χ0n) is 12.3. The molecule has 0 fully saturated rings. The van der Waals surface area contributed by atoms with Crippen molar-refractivity contribution in [3.8, 4) is 11.3 Å². The molecule has 0 aliphatic heterocycles. The maximum atomic E-state index is 13.1. The average Bonchev–Trinajstić information content (AvgIpc) is 2.98. The second kappa shape index (κ2) is 6.42. The first kappa shape index (κ1) is 16.2. The SMILES string of the molecule is O=S(=O)(Nc1oc(CO)nc1-c1ccc(F)cc1)c1ccccc1. The first-order valence-electron chi connectivity index (χ1n) is 6.94. The highest BCUT2D eigenvalue weighted by Crippen LogP contribution is 2.30. The van der Waals surface area contributed by atoms with Gasteiger partial charge in [0.25, 0.3) is 10.0 Å². The van der Waals surface area contributed by atoms with Gasteiger partial charge in [-0.15, -0.1) is 0 Å². The van der Waals surface area contributed by atoms with Crippen LogP contribution in [-0.2, 0) is 16.6 Å². The van der Waals surface area contributed by atoms with Gasteiger partial charge in [0.05, 0.1) is 4.90 Å². The van der Waals surface area contributed by atoms with Gasteiger partial charge in [-0.3, -0.25) is 0 Å². The van der Waals surface area contributed by atoms with E-state index in [0.717, 1.165) is 0 Å². The molecule has 0 spiro atoms. The van der Waals surface area contributed by atoms with Crippen molar-refractivity contribution in [3.63, 3.8) is 0 Å². The van der Waals surface area contributed by atoms with Crippen molar-refractivity contribution < 1.29 is 22.3 Å². The molecular weight excluding hydrogens is 335 g/mol. The number of sulfonamides is 1. The van der Waals surface area contributed by atoms with Crippen LogP contribution in [0.25, 0.3) is 11.3 Å². The molecule has 124 valence electrons. The van der Waals surface area contributed by atoms with Crippen LogP contribution in [0, 0.1) is 5.82 Å². The molecule has 0 saturated carbocycles. The monoisotopic (exact) mass is 348 g/mol. The average molecular weight is 348 g/mol. The molecule has 2 N–H and O–H groups in total. The topological polar surface area (TPSA) is 92.4 Å². The van der Waals surface area contributed by atoms with Crippen molar-refractivity contribution in [1.82, 2.24) is 4.98 Å². The molecule has 3 aromatic rings. The molecule has 6 nitrogen and oxygen atoms in total. The maximum Gasteiger partial charge on any atom is 0.264 e. The molecular formula is C16H13FN2O4S. The van der Waals surface area contributed by atoms with E-state index in [0.29, 0.717) is 5.56 Å². The number of nitrogens with zero attached hydrogens (tertiary/aromatic N) is 1. The van der Waals surface area contributed by atoms with Crippen molar-refractivity contribution in [2.24, 2.45) is 0 Å². The zero-order chi connectivity index (χ0) is 17.2. The summed E-state index contributed by atoms with van der Waals surface area (Å²) in [5.74, 6) is -0.634. The second-order valence-electron chi connectivity index (χ2n) is 4.87. The second-order valence-corrected chi connectivity index (χ2v) is 6.55. The van der Waals surface area contributed by atoms with Crippen LogP contribution in [0.2, 0.25) is 0 Å². The van der Waals surface area contributed by atoms with E-state index in [9.17, 15) is 17.9 Å². The van der Waals surface area contributed by atoms with Crippen molar-refractivity contribution in [3.05, 3.63) is 66.3 Å². The van der Waals surface area contributed by atoms with Gasteiger partial charge in [0.15, 0.2) is 0 Å². The van der Waals surface area contributed by atoms with Crippen molar-refractivity contribution in [2.75, 3.05) is 4.72 Å². The van der Waals surface area contributed by atoms with Crippen LogP contribution in [-0.4, -0.2) is 18.5 Å². The summed E-state index contributed by atoms with van der Waals surface area (Å²) in [5, 5.41) is 9.19. The molecule has 0 unspecified atom stereocenters. The number of oxazole rings is 1. The number of aromatic nitrogens is 1. The molecule has 0 saturated heterocycles. The number of hydrogen-bond acceptors (Lipinski definition) is 5. The van der Waals surface area contributed by atoms with Crippen LogP contribution in [0.1, 0.15) is 5.89 Å². The third-order valence-electron chi connectivity index (χ3n) is 3.20. The summed E-state index contributed by atoms with van der Waals surface area (Å²) in [7, 11) is -3.89. The summed E-state index contributed by atoms with van der Waals surface area (Å²) in [6, 6.07) is 13.1. The number of rotatable bonds is 5. The largest absolute Gasteiger partial charge is 0.421 e. The molecule has 0 amide bonds. The summed E-state index contributed by atoms with van der Waals surface area (Å²) in [4.78, 5) is 4.09. The van der Waals surface area contributed by atoms with Gasteiger partial charge in [0.1, 0.15) is 18.1 Å². The first-order chi connectivity index (χ1) is 11.5. The number of anilines is 1. The molecule has 0 radical (unpaired) electrons. The smallest absolute Gasteiger partial charge is 0.264 e. The van der Waals surface area contributed by atoms with Crippen molar-refractivity contribution in [2.45, 2.75) is 11.5 Å². The van der Waals surface area contributed by atoms with E-state index in [-0.39, 0.29) is 22.4 Å². The minimum Gasteiger partial charge on any atom is -0.421 e. The first-order valence-corrected chi connectivity index (χ1v) is 8.42. The van der Waals surface area contributed by atoms with E-state index in [1.54, 1.807) is 18.2 Å². The lowest BCUT2D eigenvalue weighted by molar-refractivity contribution is 0.242. The Labute approximate surface area is 137 Å². The highest BCUT2D eigenvalue weighted by atomic mass is 32.2. The minimum atomic E-state index is -3.89. The summed E-state index contributed by atoms with van der Waals surface area (Å²) in [5.41, 5.74) is 0.615. The molecule has 8 heteroatoms. The molecule has 0 aliphatic rings. The van der Waals surface area contributed by atoms with Crippen molar-refractivity contribution in [1.29, 1.82) is 0 Å². The third-order valence-corrected chi connectivity index (χ3v) is 4.55. The molecule has 24 heavy (non-hydrogen) atoms. The standard InChI is InChI=1S/C16H13FN2O4S/c17-12-8-6-11(7-9-12)15-16(23-14(10-20)18-15)19-24(21,22)13-4-2-1-3-5-13/h1-9,19-20H,10H2. The lowest BCUT2D eigenvalue weighted by Crippen LogP contribution is -2.12. The summed E-state index contributed by atoms with van der Waals surface area (Å²) >= 11 is 0. The van der Waals surface area contributed by atoms with Crippen LogP contribution < -0.4 is 4.72 Å². The lowest BCUT2D eigenvalue weighted by atomic mass is 10.1. The predicted molar refractivity (Wildman–Crippen MR) is 85.1 cm³/mol. The van der Waals surface area contributed by atoms with E-state index in [1.165, 1.54) is 36.4 Å². The summed E-state index contributed by atoms with van der Waals surface area (Å²) in [6.45, 7) is -0.499. The Hall–Kier alpha value is -2.71. The maximum absolute atomic E-state index is 13.1. The molecule has 1 aromatic heterocycles. The van der Waals surface area contributed by atoms with E-state index >= 15 is 0 Å². The van der Waals surface area contributed by atoms with Crippen LogP contribution >= 0.6 is 0 Å². The molecule has 0 aliphatic carbocycles. The van der Waals surface area contributed by atoms with E-state index < -0.39 is 22.4 Å². The number of benzene rings is 2. The summed E-state index contributed by atoms with van der Waals surface area (Å²) in [6.07, 6.45) is 0. The van der Waals surface area contributed by atoms with Gasteiger partial charge in [-0.25, -0.2) is 22.5 Å². The normalized spacial score (nSPS) is 11.4. The fourth-order valence-corrected chi connectivity index (χ4v) is 3.10. The Morgan fingerprint density at radius 1 is 1.08 bits per heavy atom. The van der Waals surface area contributed by atoms with Gasteiger partial charge in [-0.1, -0.05) is 18.2 Å². The van der Waals surface area contributed by atoms with Gasteiger partial charge in [0.2, 0.25) is 11.8 Å². The molecule has 1 heterocycles. The van der Waals surface area contributed by atoms with Gasteiger partial charge >= 0.3 is 0 Å². The van der Waals surface area contributed by atoms with E-state index in [4.69, 9.17) is 4.42 Å². The Bertz CT molecular complexity index is 938. The van der Waals surface area contributed by atoms with E-state index in [1.807, 2.05) is 0 Å². The highest BCUT2D eigenvalue weighted by molar-refractivity contribution is 7.92. The number of aliphatic hydroxyl groups excluding tert-OH is 1. The number of aliphatic hydroxyl groups is 1. The van der Waals surface area contributed by atoms with Gasteiger partial charge in [-0.05, 0) is 36.4 Å². The van der Waals surface area contributed by atoms with Crippen LogP contribution in [0.3, 0.4) is 0 Å². The third kappa shape index (κ3) is 3.29. The number of hydrogen-bond donors (Lipinski definition) is 2. The predicted octanol–water partition coefficient (Wildman–Crippen LogP) is 2.77. The van der Waals surface area contributed by atoms with Crippen LogP contribution in [0.4, 0.5) is 10.3 Å². The highest BCUT2D eigenvalue weighted by Gasteiger charge is 2.21. The van der Waals surface area contributed by atoms with Crippen LogP contribution in [0.15, 0.2) is 63.9 Å². The Balaban J connectivity index is 2.02. The van der Waals surface area contributed by atoms with Gasteiger partial charge in [0, 0.05) is 5.56 Å². The Morgan fingerprint density at radius 2 is 1.75 bits per heavy atom. The Kier molecular flexibility index (Phi) is 4.32. The molecule has 0 atom stereocenters. The molecule has 2 aromatic carbocycles. The van der Waals surface area contributed by atoms with Crippen LogP contribution in [0.5, 0.6) is 0 Å². The van der Waals surface area contributed by atoms with Gasteiger partial charge < -0.3 is 9.52 Å². The minimum absolute atomic E-state index is 0.0528. The van der Waals surface area contributed by atoms with Crippen molar-refractivity contribution >= 4 is 15.9 Å².